The molecule has 1 aliphatic rings. The topological polar surface area (TPSA) is 15.3 Å². The maximum atomic E-state index is 5.95. The third-order valence-corrected chi connectivity index (χ3v) is 4.61. The van der Waals surface area contributed by atoms with Crippen molar-refractivity contribution in [2.24, 2.45) is 5.41 Å². The molecule has 0 bridgehead atoms. The Balaban J connectivity index is 1.85. The van der Waals surface area contributed by atoms with E-state index in [0.717, 1.165) is 24.0 Å². The van der Waals surface area contributed by atoms with Gasteiger partial charge in [0, 0.05) is 24.5 Å². The van der Waals surface area contributed by atoms with E-state index in [4.69, 9.17) is 11.6 Å². The first kappa shape index (κ1) is 13.3. The standard InChI is InChI=1S/C13H21ClN2S/c1-13(6-3-7-15-9-13)10-16(2)8-11-4-5-12(14)17-11/h4-5,15H,3,6-10H2,1-2H3. The number of nitrogens with zero attached hydrogens (tertiary/aromatic N) is 1. The number of piperidine rings is 1. The molecule has 17 heavy (non-hydrogen) atoms. The smallest absolute Gasteiger partial charge is 0.0931 e. The van der Waals surface area contributed by atoms with Gasteiger partial charge in [0.1, 0.15) is 0 Å². The molecule has 1 N–H and O–H groups in total. The zero-order valence-corrected chi connectivity index (χ0v) is 12.2. The van der Waals surface area contributed by atoms with Crippen LogP contribution < -0.4 is 5.32 Å². The molecule has 2 rings (SSSR count). The second-order valence-corrected chi connectivity index (χ2v) is 7.27. The minimum Gasteiger partial charge on any atom is -0.316 e. The summed E-state index contributed by atoms with van der Waals surface area (Å²) in [5.41, 5.74) is 0.425. The molecule has 2 nitrogen and oxygen atoms in total. The summed E-state index contributed by atoms with van der Waals surface area (Å²) in [4.78, 5) is 3.76. The summed E-state index contributed by atoms with van der Waals surface area (Å²) >= 11 is 7.64. The van der Waals surface area contributed by atoms with Crippen LogP contribution in [0.1, 0.15) is 24.6 Å². The highest BCUT2D eigenvalue weighted by Gasteiger charge is 2.27. The van der Waals surface area contributed by atoms with Crippen LogP contribution in [0.3, 0.4) is 0 Å². The summed E-state index contributed by atoms with van der Waals surface area (Å²) in [6.07, 6.45) is 2.63. The molecule has 1 aromatic rings. The number of rotatable bonds is 4. The van der Waals surface area contributed by atoms with E-state index in [-0.39, 0.29) is 0 Å². The van der Waals surface area contributed by atoms with Gasteiger partial charge in [-0.25, -0.2) is 0 Å². The van der Waals surface area contributed by atoms with Gasteiger partial charge < -0.3 is 10.2 Å². The molecule has 4 heteroatoms. The van der Waals surface area contributed by atoms with Crippen molar-refractivity contribution in [3.8, 4) is 0 Å². The van der Waals surface area contributed by atoms with Gasteiger partial charge in [0.15, 0.2) is 0 Å². The summed E-state index contributed by atoms with van der Waals surface area (Å²) in [5.74, 6) is 0. The number of hydrogen-bond donors (Lipinski definition) is 1. The van der Waals surface area contributed by atoms with Crippen LogP contribution in [0.4, 0.5) is 0 Å². The van der Waals surface area contributed by atoms with E-state index in [1.54, 1.807) is 11.3 Å². The summed E-state index contributed by atoms with van der Waals surface area (Å²) < 4.78 is 0.888. The van der Waals surface area contributed by atoms with Crippen LogP contribution >= 0.6 is 22.9 Å². The third-order valence-electron chi connectivity index (χ3n) is 3.39. The molecule has 0 saturated carbocycles. The monoisotopic (exact) mass is 272 g/mol. The molecule has 0 aliphatic carbocycles. The van der Waals surface area contributed by atoms with Gasteiger partial charge in [-0.05, 0) is 44.0 Å². The lowest BCUT2D eigenvalue weighted by atomic mass is 9.82. The first-order valence-corrected chi connectivity index (χ1v) is 7.40. The molecular formula is C13H21ClN2S. The fraction of sp³-hybridized carbons (Fsp3) is 0.692. The van der Waals surface area contributed by atoms with Gasteiger partial charge >= 0.3 is 0 Å². The minimum atomic E-state index is 0.425. The Hall–Kier alpha value is -0.0900. The number of halogens is 1. The summed E-state index contributed by atoms with van der Waals surface area (Å²) in [6, 6.07) is 4.12. The lowest BCUT2D eigenvalue weighted by Crippen LogP contribution is -2.44. The van der Waals surface area contributed by atoms with Gasteiger partial charge in [0.25, 0.3) is 0 Å². The van der Waals surface area contributed by atoms with Crippen molar-refractivity contribution in [3.63, 3.8) is 0 Å². The van der Waals surface area contributed by atoms with E-state index in [2.05, 4.69) is 30.3 Å². The van der Waals surface area contributed by atoms with E-state index in [1.165, 1.54) is 24.3 Å². The first-order chi connectivity index (χ1) is 8.07. The highest BCUT2D eigenvalue weighted by molar-refractivity contribution is 7.16. The molecule has 0 radical (unpaired) electrons. The zero-order chi connectivity index (χ0) is 12.3. The molecule has 1 aromatic heterocycles. The maximum absolute atomic E-state index is 5.95. The zero-order valence-electron chi connectivity index (χ0n) is 10.6. The van der Waals surface area contributed by atoms with Crippen molar-refractivity contribution in [2.45, 2.75) is 26.3 Å². The molecule has 1 saturated heterocycles. The van der Waals surface area contributed by atoms with Gasteiger partial charge in [0.2, 0.25) is 0 Å². The molecule has 0 spiro atoms. The van der Waals surface area contributed by atoms with Crippen molar-refractivity contribution < 1.29 is 0 Å². The highest BCUT2D eigenvalue weighted by Crippen LogP contribution is 2.28. The van der Waals surface area contributed by atoms with E-state index >= 15 is 0 Å². The number of hydrogen-bond acceptors (Lipinski definition) is 3. The van der Waals surface area contributed by atoms with Crippen LogP contribution in [0.2, 0.25) is 4.34 Å². The largest absolute Gasteiger partial charge is 0.316 e. The van der Waals surface area contributed by atoms with Crippen molar-refractivity contribution >= 4 is 22.9 Å². The Kier molecular flexibility index (Phi) is 4.47. The molecular weight excluding hydrogens is 252 g/mol. The Labute approximate surface area is 113 Å². The molecule has 96 valence electrons. The van der Waals surface area contributed by atoms with Crippen LogP contribution in [-0.4, -0.2) is 31.6 Å². The maximum Gasteiger partial charge on any atom is 0.0931 e. The van der Waals surface area contributed by atoms with E-state index < -0.39 is 0 Å². The van der Waals surface area contributed by atoms with Crippen molar-refractivity contribution in [1.82, 2.24) is 10.2 Å². The van der Waals surface area contributed by atoms with Crippen LogP contribution in [-0.2, 0) is 6.54 Å². The van der Waals surface area contributed by atoms with E-state index in [9.17, 15) is 0 Å². The molecule has 0 amide bonds. The molecule has 2 heterocycles. The van der Waals surface area contributed by atoms with Crippen molar-refractivity contribution in [2.75, 3.05) is 26.7 Å². The molecule has 1 fully saturated rings. The predicted octanol–water partition coefficient (Wildman–Crippen LogP) is 3.22. The van der Waals surface area contributed by atoms with Crippen molar-refractivity contribution in [3.05, 3.63) is 21.3 Å². The van der Waals surface area contributed by atoms with Gasteiger partial charge in [-0.1, -0.05) is 18.5 Å². The lowest BCUT2D eigenvalue weighted by molar-refractivity contribution is 0.149. The molecule has 0 aromatic carbocycles. The summed E-state index contributed by atoms with van der Waals surface area (Å²) in [5, 5.41) is 3.50. The quantitative estimate of drug-likeness (QED) is 0.905. The Bertz CT molecular complexity index is 358. The van der Waals surface area contributed by atoms with Gasteiger partial charge in [0.05, 0.1) is 4.34 Å². The van der Waals surface area contributed by atoms with Crippen LogP contribution in [0, 0.1) is 5.41 Å². The normalized spacial score (nSPS) is 25.4. The summed E-state index contributed by atoms with van der Waals surface area (Å²) in [6.45, 7) is 6.86. The third kappa shape index (κ3) is 3.95. The number of nitrogens with one attached hydrogen (secondary N) is 1. The van der Waals surface area contributed by atoms with Crippen molar-refractivity contribution in [1.29, 1.82) is 0 Å². The number of thiophene rings is 1. The lowest BCUT2D eigenvalue weighted by Gasteiger charge is -2.37. The highest BCUT2D eigenvalue weighted by atomic mass is 35.5. The van der Waals surface area contributed by atoms with Gasteiger partial charge in [-0.15, -0.1) is 11.3 Å². The average Bonchev–Trinajstić information content (AvgIpc) is 2.63. The van der Waals surface area contributed by atoms with Gasteiger partial charge in [-0.3, -0.25) is 0 Å². The van der Waals surface area contributed by atoms with E-state index in [0.29, 0.717) is 5.41 Å². The van der Waals surface area contributed by atoms with Gasteiger partial charge in [-0.2, -0.15) is 0 Å². The fourth-order valence-electron chi connectivity index (χ4n) is 2.66. The second kappa shape index (κ2) is 5.70. The molecule has 1 aliphatic heterocycles. The molecule has 1 unspecified atom stereocenters. The fourth-order valence-corrected chi connectivity index (χ4v) is 3.83. The Morgan fingerprint density at radius 3 is 2.94 bits per heavy atom. The van der Waals surface area contributed by atoms with E-state index in [1.807, 2.05) is 6.07 Å². The molecule has 1 atom stereocenters. The van der Waals surface area contributed by atoms with Crippen LogP contribution in [0.25, 0.3) is 0 Å². The SMILES string of the molecule is CN(Cc1ccc(Cl)s1)CC1(C)CCCNC1. The Morgan fingerprint density at radius 1 is 1.53 bits per heavy atom. The minimum absolute atomic E-state index is 0.425. The Morgan fingerprint density at radius 2 is 2.35 bits per heavy atom. The van der Waals surface area contributed by atoms with Crippen LogP contribution in [0.5, 0.6) is 0 Å². The summed E-state index contributed by atoms with van der Waals surface area (Å²) in [7, 11) is 2.20. The first-order valence-electron chi connectivity index (χ1n) is 6.21. The second-order valence-electron chi connectivity index (χ2n) is 5.47. The van der Waals surface area contributed by atoms with Crippen LogP contribution in [0.15, 0.2) is 12.1 Å². The predicted molar refractivity (Wildman–Crippen MR) is 75.9 cm³/mol. The average molecular weight is 273 g/mol.